The first-order chi connectivity index (χ1) is 32.9. The molecule has 10 heteroatoms. The van der Waals surface area contributed by atoms with Gasteiger partial charge in [0.25, 0.3) is 7.82 Å². The summed E-state index contributed by atoms with van der Waals surface area (Å²) in [4.78, 5) is 39.8. The zero-order valence-corrected chi connectivity index (χ0v) is 45.9. The fourth-order valence-corrected chi connectivity index (χ4v) is 8.55. The molecule has 0 aromatic rings. The van der Waals surface area contributed by atoms with Crippen molar-refractivity contribution in [2.45, 2.75) is 258 Å². The van der Waals surface area contributed by atoms with Gasteiger partial charge in [0, 0.05) is 12.8 Å². The molecule has 0 aromatic heterocycles. The lowest BCUT2D eigenvalue weighted by Gasteiger charge is -2.30. The number of phosphoric ester groups is 1. The Kier molecular flexibility index (Phi) is 46.7. The Bertz CT molecular complexity index is 1350. The highest BCUT2D eigenvalue weighted by atomic mass is 31.2. The Morgan fingerprint density at radius 3 is 1.44 bits per heavy atom. The molecule has 0 fully saturated rings. The van der Waals surface area contributed by atoms with Crippen molar-refractivity contribution < 1.29 is 37.3 Å². The summed E-state index contributed by atoms with van der Waals surface area (Å²) in [5.41, 5.74) is 0. The fraction of sp³-hybridized carbons (Fsp3) is 0.793. The Hall–Kier alpha value is -2.29. The monoisotopic (exact) mass is 975 g/mol. The van der Waals surface area contributed by atoms with Crippen molar-refractivity contribution in [1.29, 1.82) is 0 Å². The van der Waals surface area contributed by atoms with Gasteiger partial charge in [-0.2, -0.15) is 0 Å². The number of carbonyl (C=O) groups excluding carboxylic acids is 2. The molecule has 0 radical (unpaired) electrons. The Labute approximate surface area is 420 Å². The van der Waals surface area contributed by atoms with Gasteiger partial charge in [0.2, 0.25) is 5.91 Å². The van der Waals surface area contributed by atoms with Crippen LogP contribution in [0, 0.1) is 0 Å². The second-order valence-electron chi connectivity index (χ2n) is 20.1. The third-order valence-corrected chi connectivity index (χ3v) is 13.1. The predicted octanol–water partition coefficient (Wildman–Crippen LogP) is 16.1. The maximum Gasteiger partial charge on any atom is 0.306 e. The standard InChI is InChI=1S/C58H107N2O7P/c1-7-10-13-16-19-22-25-28-30-31-32-35-38-41-44-47-50-57(61)59-55(54-66-68(63,64)65-53-52-60(4,5)6)56(49-46-43-40-37-34-27-24-21-18-15-12-9-3)67-58(62)51-48-45-42-39-36-33-29-26-23-20-17-14-11-8-2/h10,13,19,22,28,30,33,36,46,49,55-56H,7-9,11-12,14-18,20-21,23-27,29,31-32,34-35,37-45,47-48,50-54H2,1-6H3,(H-,59,61,63,64)/b13-10+,22-19+,30-28+,36-33-,49-46+. The highest BCUT2D eigenvalue weighted by Crippen LogP contribution is 2.38. The van der Waals surface area contributed by atoms with Crippen LogP contribution in [0.25, 0.3) is 0 Å². The zero-order chi connectivity index (χ0) is 50.1. The first-order valence-electron chi connectivity index (χ1n) is 28.1. The van der Waals surface area contributed by atoms with E-state index in [2.05, 4.69) is 74.7 Å². The lowest BCUT2D eigenvalue weighted by molar-refractivity contribution is -0.870. The van der Waals surface area contributed by atoms with E-state index >= 15 is 0 Å². The van der Waals surface area contributed by atoms with Gasteiger partial charge in [-0.3, -0.25) is 14.2 Å². The molecule has 0 saturated carbocycles. The van der Waals surface area contributed by atoms with Crippen LogP contribution in [0.2, 0.25) is 0 Å². The van der Waals surface area contributed by atoms with Crippen molar-refractivity contribution in [3.63, 3.8) is 0 Å². The first kappa shape index (κ1) is 65.7. The van der Waals surface area contributed by atoms with E-state index < -0.39 is 26.6 Å². The highest BCUT2D eigenvalue weighted by molar-refractivity contribution is 7.45. The van der Waals surface area contributed by atoms with E-state index in [1.807, 2.05) is 33.3 Å². The van der Waals surface area contributed by atoms with E-state index in [1.165, 1.54) is 96.3 Å². The smallest absolute Gasteiger partial charge is 0.306 e. The SMILES string of the molecule is CC/C=C/C/C=C/C/C=C/CCCCCCCCC(=O)NC(COP(=O)([O-])OCC[N+](C)(C)C)C(/C=C/CCCCCCCCCCCC)OC(=O)CCCCC/C=C\CCCCCCCCC. The molecule has 0 aliphatic carbocycles. The van der Waals surface area contributed by atoms with Gasteiger partial charge in [0.05, 0.1) is 33.8 Å². The van der Waals surface area contributed by atoms with Crippen LogP contribution in [-0.2, 0) is 27.9 Å². The first-order valence-corrected chi connectivity index (χ1v) is 29.6. The number of nitrogens with one attached hydrogen (secondary N) is 1. The van der Waals surface area contributed by atoms with E-state index in [4.69, 9.17) is 13.8 Å². The average molecular weight is 975 g/mol. The number of hydrogen-bond acceptors (Lipinski definition) is 7. The summed E-state index contributed by atoms with van der Waals surface area (Å²) in [6.07, 6.45) is 58.9. The molecule has 0 aromatic carbocycles. The number of esters is 1. The molecular formula is C58H107N2O7P. The topological polar surface area (TPSA) is 114 Å². The fourth-order valence-electron chi connectivity index (χ4n) is 7.82. The lowest BCUT2D eigenvalue weighted by atomic mass is 10.0. The second-order valence-corrected chi connectivity index (χ2v) is 21.5. The Morgan fingerprint density at radius 2 is 0.941 bits per heavy atom. The second kappa shape index (κ2) is 48.3. The van der Waals surface area contributed by atoms with Crippen LogP contribution < -0.4 is 10.2 Å². The third-order valence-electron chi connectivity index (χ3n) is 12.2. The molecule has 0 rings (SSSR count). The number of hydrogen-bond donors (Lipinski definition) is 1. The van der Waals surface area contributed by atoms with Gasteiger partial charge >= 0.3 is 5.97 Å². The summed E-state index contributed by atoms with van der Waals surface area (Å²) < 4.78 is 30.2. The normalized spacial score (nSPS) is 14.3. The van der Waals surface area contributed by atoms with Crippen molar-refractivity contribution in [3.05, 3.63) is 60.8 Å². The van der Waals surface area contributed by atoms with Crippen molar-refractivity contribution in [3.8, 4) is 0 Å². The van der Waals surface area contributed by atoms with Crippen molar-refractivity contribution in [1.82, 2.24) is 5.32 Å². The molecule has 396 valence electrons. The van der Waals surface area contributed by atoms with Gasteiger partial charge in [-0.1, -0.05) is 204 Å². The molecule has 3 unspecified atom stereocenters. The molecule has 0 aliphatic rings. The molecule has 0 bridgehead atoms. The van der Waals surface area contributed by atoms with E-state index in [0.717, 1.165) is 109 Å². The van der Waals surface area contributed by atoms with Crippen LogP contribution in [0.15, 0.2) is 60.8 Å². The number of nitrogens with zero attached hydrogens (tertiary/aromatic N) is 1. The van der Waals surface area contributed by atoms with Gasteiger partial charge in [-0.25, -0.2) is 0 Å². The molecule has 1 N–H and O–H groups in total. The number of amides is 1. The zero-order valence-electron chi connectivity index (χ0n) is 45.1. The number of unbranched alkanes of at least 4 members (excludes halogenated alkanes) is 26. The molecule has 0 heterocycles. The number of likely N-dealkylation sites (N-methyl/N-ethyl adjacent to an activating group) is 1. The van der Waals surface area contributed by atoms with Crippen LogP contribution >= 0.6 is 7.82 Å². The molecule has 9 nitrogen and oxygen atoms in total. The van der Waals surface area contributed by atoms with Crippen molar-refractivity contribution in [2.75, 3.05) is 40.9 Å². The average Bonchev–Trinajstić information content (AvgIpc) is 3.29. The summed E-state index contributed by atoms with van der Waals surface area (Å²) in [7, 11) is 1.16. The summed E-state index contributed by atoms with van der Waals surface area (Å²) in [5.74, 6) is -0.574. The van der Waals surface area contributed by atoms with Crippen LogP contribution in [-0.4, -0.2) is 69.4 Å². The summed E-state index contributed by atoms with van der Waals surface area (Å²) in [5, 5.41) is 3.01. The number of phosphoric acid groups is 1. The minimum absolute atomic E-state index is 0.0286. The number of quaternary nitrogens is 1. The minimum atomic E-state index is -4.70. The lowest BCUT2D eigenvalue weighted by Crippen LogP contribution is -2.47. The summed E-state index contributed by atoms with van der Waals surface area (Å²) in [6.45, 7) is 6.70. The van der Waals surface area contributed by atoms with Gasteiger partial charge in [-0.05, 0) is 89.5 Å². The van der Waals surface area contributed by atoms with Gasteiger partial charge < -0.3 is 28.5 Å². The molecule has 0 saturated heterocycles. The number of carbonyl (C=O) groups is 2. The molecular weight excluding hydrogens is 868 g/mol. The van der Waals surface area contributed by atoms with E-state index in [-0.39, 0.29) is 24.9 Å². The van der Waals surface area contributed by atoms with Crippen LogP contribution in [0.3, 0.4) is 0 Å². The Balaban J connectivity index is 5.41. The summed E-state index contributed by atoms with van der Waals surface area (Å²) >= 11 is 0. The van der Waals surface area contributed by atoms with E-state index in [9.17, 15) is 19.0 Å². The predicted molar refractivity (Wildman–Crippen MR) is 289 cm³/mol. The van der Waals surface area contributed by atoms with E-state index in [1.54, 1.807) is 0 Å². The minimum Gasteiger partial charge on any atom is -0.756 e. The largest absolute Gasteiger partial charge is 0.756 e. The molecule has 1 amide bonds. The maximum atomic E-state index is 13.5. The number of ether oxygens (including phenoxy) is 1. The molecule has 3 atom stereocenters. The van der Waals surface area contributed by atoms with E-state index in [0.29, 0.717) is 23.9 Å². The van der Waals surface area contributed by atoms with Gasteiger partial charge in [0.15, 0.2) is 0 Å². The van der Waals surface area contributed by atoms with Crippen LogP contribution in [0.4, 0.5) is 0 Å². The third kappa shape index (κ3) is 48.7. The number of rotatable bonds is 50. The Morgan fingerprint density at radius 1 is 0.529 bits per heavy atom. The van der Waals surface area contributed by atoms with Crippen molar-refractivity contribution in [2.24, 2.45) is 0 Å². The molecule has 68 heavy (non-hydrogen) atoms. The molecule has 0 spiro atoms. The summed E-state index contributed by atoms with van der Waals surface area (Å²) in [6, 6.07) is -0.900. The van der Waals surface area contributed by atoms with Crippen LogP contribution in [0.1, 0.15) is 245 Å². The highest BCUT2D eigenvalue weighted by Gasteiger charge is 2.27. The van der Waals surface area contributed by atoms with Crippen molar-refractivity contribution >= 4 is 19.7 Å². The van der Waals surface area contributed by atoms with Gasteiger partial charge in [0.1, 0.15) is 19.3 Å². The van der Waals surface area contributed by atoms with Crippen LogP contribution in [0.5, 0.6) is 0 Å². The maximum absolute atomic E-state index is 13.5. The molecule has 0 aliphatic heterocycles. The number of allylic oxidation sites excluding steroid dienone is 9. The van der Waals surface area contributed by atoms with Gasteiger partial charge in [-0.15, -0.1) is 0 Å². The quantitative estimate of drug-likeness (QED) is 0.0212.